The van der Waals surface area contributed by atoms with E-state index in [0.29, 0.717) is 31.6 Å². The van der Waals surface area contributed by atoms with Crippen molar-refractivity contribution in [3.8, 4) is 0 Å². The monoisotopic (exact) mass is 371 g/mol. The van der Waals surface area contributed by atoms with Crippen LogP contribution in [0, 0.1) is 13.8 Å². The lowest BCUT2D eigenvalue weighted by Gasteiger charge is -2.24. The molecule has 0 heterocycles. The molecule has 0 atom stereocenters. The maximum Gasteiger partial charge on any atom is 0.238 e. The van der Waals surface area contributed by atoms with Gasteiger partial charge in [-0.15, -0.1) is 0 Å². The fourth-order valence-electron chi connectivity index (χ4n) is 3.87. The standard InChI is InChI=1S/C22H33N3O2/c1-16-8-9-17(2)20(14-16)24-22(27)15-25(19-10-11-19)13-12-21(26)23-18-6-4-3-5-7-18/h8-9,14,18-19H,3-7,10-13,15H2,1-2H3,(H,23,26)(H,24,27). The lowest BCUT2D eigenvalue weighted by atomic mass is 9.95. The topological polar surface area (TPSA) is 61.4 Å². The van der Waals surface area contributed by atoms with Crippen molar-refractivity contribution < 1.29 is 9.59 Å². The number of anilines is 1. The van der Waals surface area contributed by atoms with Crippen LogP contribution in [0.1, 0.15) is 62.5 Å². The van der Waals surface area contributed by atoms with Crippen LogP contribution >= 0.6 is 0 Å². The summed E-state index contributed by atoms with van der Waals surface area (Å²) in [5.74, 6) is 0.130. The first-order chi connectivity index (χ1) is 13.0. The van der Waals surface area contributed by atoms with Crippen molar-refractivity contribution in [2.75, 3.05) is 18.4 Å². The van der Waals surface area contributed by atoms with Gasteiger partial charge in [-0.25, -0.2) is 0 Å². The van der Waals surface area contributed by atoms with Crippen LogP contribution in [0.25, 0.3) is 0 Å². The Morgan fingerprint density at radius 1 is 1.04 bits per heavy atom. The zero-order chi connectivity index (χ0) is 19.2. The molecule has 0 aliphatic heterocycles. The first-order valence-electron chi connectivity index (χ1n) is 10.4. The quantitative estimate of drug-likeness (QED) is 0.735. The molecule has 2 N–H and O–H groups in total. The molecule has 3 rings (SSSR count). The van der Waals surface area contributed by atoms with Gasteiger partial charge in [0.2, 0.25) is 11.8 Å². The molecule has 0 radical (unpaired) electrons. The van der Waals surface area contributed by atoms with Gasteiger partial charge in [-0.2, -0.15) is 0 Å². The van der Waals surface area contributed by atoms with Gasteiger partial charge in [-0.1, -0.05) is 31.4 Å². The molecule has 0 saturated heterocycles. The van der Waals surface area contributed by atoms with Crippen LogP contribution in [0.3, 0.4) is 0 Å². The first-order valence-corrected chi connectivity index (χ1v) is 10.4. The summed E-state index contributed by atoms with van der Waals surface area (Å²) in [5.41, 5.74) is 3.08. The number of hydrogen-bond donors (Lipinski definition) is 2. The Kier molecular flexibility index (Phi) is 6.89. The second kappa shape index (κ2) is 9.36. The van der Waals surface area contributed by atoms with Gasteiger partial charge in [0.25, 0.3) is 0 Å². The maximum absolute atomic E-state index is 12.5. The van der Waals surface area contributed by atoms with Crippen molar-refractivity contribution >= 4 is 17.5 Å². The Bertz CT molecular complexity index is 664. The molecule has 0 aromatic heterocycles. The Morgan fingerprint density at radius 3 is 2.48 bits per heavy atom. The van der Waals surface area contributed by atoms with Crippen LogP contribution in [-0.2, 0) is 9.59 Å². The number of hydrogen-bond acceptors (Lipinski definition) is 3. The zero-order valence-corrected chi connectivity index (χ0v) is 16.7. The Hall–Kier alpha value is -1.88. The van der Waals surface area contributed by atoms with Crippen molar-refractivity contribution in [3.63, 3.8) is 0 Å². The van der Waals surface area contributed by atoms with E-state index in [2.05, 4.69) is 15.5 Å². The number of nitrogens with zero attached hydrogens (tertiary/aromatic N) is 1. The smallest absolute Gasteiger partial charge is 0.238 e. The van der Waals surface area contributed by atoms with E-state index >= 15 is 0 Å². The lowest BCUT2D eigenvalue weighted by molar-refractivity contribution is -0.123. The third-order valence-corrected chi connectivity index (χ3v) is 5.67. The molecule has 148 valence electrons. The zero-order valence-electron chi connectivity index (χ0n) is 16.7. The van der Waals surface area contributed by atoms with Gasteiger partial charge in [-0.3, -0.25) is 14.5 Å². The average Bonchev–Trinajstić information content (AvgIpc) is 3.47. The third-order valence-electron chi connectivity index (χ3n) is 5.67. The van der Waals surface area contributed by atoms with Gasteiger partial charge < -0.3 is 10.6 Å². The summed E-state index contributed by atoms with van der Waals surface area (Å²) in [7, 11) is 0. The fraction of sp³-hybridized carbons (Fsp3) is 0.636. The Balaban J connectivity index is 1.46. The molecule has 2 fully saturated rings. The van der Waals surface area contributed by atoms with Gasteiger partial charge in [-0.05, 0) is 56.7 Å². The van der Waals surface area contributed by atoms with Crippen LogP contribution in [0.15, 0.2) is 18.2 Å². The molecule has 2 amide bonds. The highest BCUT2D eigenvalue weighted by Gasteiger charge is 2.30. The molecule has 2 aliphatic carbocycles. The molecule has 1 aromatic rings. The van der Waals surface area contributed by atoms with E-state index in [9.17, 15) is 9.59 Å². The van der Waals surface area contributed by atoms with Gasteiger partial charge in [0, 0.05) is 30.7 Å². The summed E-state index contributed by atoms with van der Waals surface area (Å²) in [4.78, 5) is 27.0. The minimum atomic E-state index is 0.00305. The highest BCUT2D eigenvalue weighted by molar-refractivity contribution is 5.93. The van der Waals surface area contributed by atoms with Crippen molar-refractivity contribution in [3.05, 3.63) is 29.3 Å². The molecule has 0 spiro atoms. The summed E-state index contributed by atoms with van der Waals surface area (Å²) >= 11 is 0. The van der Waals surface area contributed by atoms with Crippen molar-refractivity contribution in [2.24, 2.45) is 0 Å². The normalized spacial score (nSPS) is 17.7. The molecule has 0 bridgehead atoms. The summed E-state index contributed by atoms with van der Waals surface area (Å²) < 4.78 is 0. The van der Waals surface area contributed by atoms with Gasteiger partial charge in [0.15, 0.2) is 0 Å². The second-order valence-corrected chi connectivity index (χ2v) is 8.22. The van der Waals surface area contributed by atoms with Crippen LogP contribution in [0.5, 0.6) is 0 Å². The summed E-state index contributed by atoms with van der Waals surface area (Å²) in [6.07, 6.45) is 8.67. The number of carbonyl (C=O) groups excluding carboxylic acids is 2. The molecule has 5 heteroatoms. The van der Waals surface area contributed by atoms with Gasteiger partial charge in [0.05, 0.1) is 6.54 Å². The van der Waals surface area contributed by atoms with E-state index in [1.807, 2.05) is 32.0 Å². The number of nitrogens with one attached hydrogen (secondary N) is 2. The fourth-order valence-corrected chi connectivity index (χ4v) is 3.87. The SMILES string of the molecule is Cc1ccc(C)c(NC(=O)CN(CCC(=O)NC2CCCCC2)C2CC2)c1. The van der Waals surface area contributed by atoms with Crippen molar-refractivity contribution in [1.29, 1.82) is 0 Å². The first kappa shape index (κ1) is 19.9. The number of rotatable bonds is 8. The molecule has 27 heavy (non-hydrogen) atoms. The molecule has 2 saturated carbocycles. The lowest BCUT2D eigenvalue weighted by Crippen LogP contribution is -2.40. The molecule has 0 unspecified atom stereocenters. The molecule has 5 nitrogen and oxygen atoms in total. The molecule has 1 aromatic carbocycles. The van der Waals surface area contributed by atoms with Crippen molar-refractivity contribution in [2.45, 2.75) is 77.3 Å². The number of amides is 2. The van der Waals surface area contributed by atoms with E-state index < -0.39 is 0 Å². The minimum absolute atomic E-state index is 0.00305. The van der Waals surface area contributed by atoms with E-state index in [-0.39, 0.29) is 11.8 Å². The molecule has 2 aliphatic rings. The van der Waals surface area contributed by atoms with Crippen LogP contribution in [-0.4, -0.2) is 41.9 Å². The van der Waals surface area contributed by atoms with Gasteiger partial charge >= 0.3 is 0 Å². The summed E-state index contributed by atoms with van der Waals surface area (Å²) in [6.45, 7) is 5.04. The Labute approximate surface area is 162 Å². The van der Waals surface area contributed by atoms with E-state index in [1.165, 1.54) is 19.3 Å². The van der Waals surface area contributed by atoms with Crippen molar-refractivity contribution in [1.82, 2.24) is 10.2 Å². The number of benzene rings is 1. The van der Waals surface area contributed by atoms with E-state index in [1.54, 1.807) is 0 Å². The molecular weight excluding hydrogens is 338 g/mol. The van der Waals surface area contributed by atoms with Crippen LogP contribution < -0.4 is 10.6 Å². The summed E-state index contributed by atoms with van der Waals surface area (Å²) in [6, 6.07) is 6.89. The van der Waals surface area contributed by atoms with Gasteiger partial charge in [0.1, 0.15) is 0 Å². The Morgan fingerprint density at radius 2 is 1.78 bits per heavy atom. The average molecular weight is 372 g/mol. The largest absolute Gasteiger partial charge is 0.353 e. The van der Waals surface area contributed by atoms with Crippen LogP contribution in [0.2, 0.25) is 0 Å². The number of carbonyl (C=O) groups is 2. The summed E-state index contributed by atoms with van der Waals surface area (Å²) in [5, 5.41) is 6.21. The number of aryl methyl sites for hydroxylation is 2. The molecular formula is C22H33N3O2. The van der Waals surface area contributed by atoms with E-state index in [0.717, 1.165) is 42.5 Å². The minimum Gasteiger partial charge on any atom is -0.353 e. The van der Waals surface area contributed by atoms with E-state index in [4.69, 9.17) is 0 Å². The predicted octanol–water partition coefficient (Wildman–Crippen LogP) is 3.55. The highest BCUT2D eigenvalue weighted by atomic mass is 16.2. The van der Waals surface area contributed by atoms with Crippen LogP contribution in [0.4, 0.5) is 5.69 Å². The predicted molar refractivity (Wildman–Crippen MR) is 109 cm³/mol. The third kappa shape index (κ3) is 6.35. The highest BCUT2D eigenvalue weighted by Crippen LogP contribution is 2.27. The second-order valence-electron chi connectivity index (χ2n) is 8.22. The maximum atomic E-state index is 12.5.